The molecule has 1 aromatic rings. The van der Waals surface area contributed by atoms with E-state index in [2.05, 4.69) is 18.7 Å². The third-order valence-corrected chi connectivity index (χ3v) is 5.02. The Morgan fingerprint density at radius 1 is 1.30 bits per heavy atom. The summed E-state index contributed by atoms with van der Waals surface area (Å²) >= 11 is 0. The van der Waals surface area contributed by atoms with Crippen molar-refractivity contribution < 1.29 is 4.39 Å². The monoisotopic (exact) mass is 278 g/mol. The Balaban J connectivity index is 2.43. The van der Waals surface area contributed by atoms with Crippen LogP contribution in [0.3, 0.4) is 0 Å². The standard InChI is InChI=1S/C17H27FN2/c1-3-14-9-7-8-12-17(14,13-19)20(4-2)16-11-6-5-10-15(16)18/h5-6,10-11,14H,3-4,7-9,12-13,19H2,1-2H3. The molecule has 2 N–H and O–H groups in total. The van der Waals surface area contributed by atoms with Gasteiger partial charge in [0.05, 0.1) is 11.2 Å². The summed E-state index contributed by atoms with van der Waals surface area (Å²) in [5.74, 6) is 0.420. The fourth-order valence-corrected chi connectivity index (χ4v) is 4.01. The zero-order valence-corrected chi connectivity index (χ0v) is 12.7. The summed E-state index contributed by atoms with van der Waals surface area (Å²) in [5, 5.41) is 0. The van der Waals surface area contributed by atoms with E-state index < -0.39 is 0 Å². The van der Waals surface area contributed by atoms with E-state index >= 15 is 0 Å². The van der Waals surface area contributed by atoms with Gasteiger partial charge >= 0.3 is 0 Å². The van der Waals surface area contributed by atoms with Gasteiger partial charge in [0, 0.05) is 13.1 Å². The lowest BCUT2D eigenvalue weighted by Gasteiger charge is -2.52. The first kappa shape index (κ1) is 15.3. The van der Waals surface area contributed by atoms with E-state index in [4.69, 9.17) is 5.73 Å². The highest BCUT2D eigenvalue weighted by Crippen LogP contribution is 2.42. The Morgan fingerprint density at radius 3 is 2.65 bits per heavy atom. The van der Waals surface area contributed by atoms with Crippen LogP contribution in [0, 0.1) is 11.7 Å². The van der Waals surface area contributed by atoms with Gasteiger partial charge in [0.25, 0.3) is 0 Å². The van der Waals surface area contributed by atoms with E-state index in [1.807, 2.05) is 12.1 Å². The molecule has 20 heavy (non-hydrogen) atoms. The number of halogens is 1. The summed E-state index contributed by atoms with van der Waals surface area (Å²) in [6.07, 6.45) is 5.86. The van der Waals surface area contributed by atoms with Gasteiger partial charge in [-0.1, -0.05) is 38.3 Å². The Morgan fingerprint density at radius 2 is 2.05 bits per heavy atom. The zero-order valence-electron chi connectivity index (χ0n) is 12.7. The van der Waals surface area contributed by atoms with Crippen molar-refractivity contribution in [2.45, 2.75) is 51.5 Å². The minimum Gasteiger partial charge on any atom is -0.362 e. The molecule has 3 heteroatoms. The van der Waals surface area contributed by atoms with Crippen LogP contribution in [0.5, 0.6) is 0 Å². The molecular formula is C17H27FN2. The molecule has 1 fully saturated rings. The van der Waals surface area contributed by atoms with E-state index in [1.54, 1.807) is 12.1 Å². The summed E-state index contributed by atoms with van der Waals surface area (Å²) in [7, 11) is 0. The lowest BCUT2D eigenvalue weighted by molar-refractivity contribution is 0.176. The van der Waals surface area contributed by atoms with Crippen molar-refractivity contribution in [1.29, 1.82) is 0 Å². The lowest BCUT2D eigenvalue weighted by atomic mass is 9.70. The number of anilines is 1. The molecule has 112 valence electrons. The number of hydrogen-bond donors (Lipinski definition) is 1. The van der Waals surface area contributed by atoms with Crippen molar-refractivity contribution in [2.24, 2.45) is 11.7 Å². The van der Waals surface area contributed by atoms with Crippen molar-refractivity contribution in [1.82, 2.24) is 0 Å². The minimum absolute atomic E-state index is 0.0794. The van der Waals surface area contributed by atoms with Crippen LogP contribution in [-0.4, -0.2) is 18.6 Å². The Kier molecular flexibility index (Phi) is 5.03. The topological polar surface area (TPSA) is 29.3 Å². The molecule has 2 unspecified atom stereocenters. The molecule has 0 saturated heterocycles. The molecule has 0 bridgehead atoms. The normalized spacial score (nSPS) is 26.5. The molecule has 2 rings (SSSR count). The van der Waals surface area contributed by atoms with Gasteiger partial charge in [-0.25, -0.2) is 4.39 Å². The molecule has 1 saturated carbocycles. The highest BCUT2D eigenvalue weighted by molar-refractivity contribution is 5.51. The van der Waals surface area contributed by atoms with Crippen LogP contribution in [0.1, 0.15) is 46.0 Å². The third kappa shape index (κ3) is 2.56. The number of para-hydroxylation sites is 1. The maximum atomic E-state index is 14.2. The second-order valence-corrected chi connectivity index (χ2v) is 5.85. The number of likely N-dealkylation sites (N-methyl/N-ethyl adjacent to an activating group) is 1. The summed E-state index contributed by atoms with van der Waals surface area (Å²) in [4.78, 5) is 2.23. The Hall–Kier alpha value is -1.09. The maximum absolute atomic E-state index is 14.2. The predicted octanol–water partition coefficient (Wildman–Crippen LogP) is 3.95. The van der Waals surface area contributed by atoms with Gasteiger partial charge in [-0.2, -0.15) is 0 Å². The molecule has 0 heterocycles. The van der Waals surface area contributed by atoms with Crippen LogP contribution in [0.4, 0.5) is 10.1 Å². The van der Waals surface area contributed by atoms with Crippen LogP contribution in [-0.2, 0) is 0 Å². The van der Waals surface area contributed by atoms with Gasteiger partial charge in [0.2, 0.25) is 0 Å². The summed E-state index contributed by atoms with van der Waals surface area (Å²) in [6.45, 7) is 5.74. The van der Waals surface area contributed by atoms with E-state index in [0.717, 1.165) is 19.4 Å². The van der Waals surface area contributed by atoms with Crippen molar-refractivity contribution in [2.75, 3.05) is 18.0 Å². The molecule has 2 nitrogen and oxygen atoms in total. The number of nitrogens with zero attached hydrogens (tertiary/aromatic N) is 1. The van der Waals surface area contributed by atoms with Crippen LogP contribution in [0.15, 0.2) is 24.3 Å². The molecule has 2 atom stereocenters. The van der Waals surface area contributed by atoms with Crippen molar-refractivity contribution in [3.63, 3.8) is 0 Å². The van der Waals surface area contributed by atoms with Gasteiger partial charge in [0.1, 0.15) is 5.82 Å². The van der Waals surface area contributed by atoms with Crippen LogP contribution >= 0.6 is 0 Å². The molecule has 1 aromatic carbocycles. The Labute approximate surface area is 122 Å². The number of nitrogens with two attached hydrogens (primary N) is 1. The largest absolute Gasteiger partial charge is 0.362 e. The summed E-state index contributed by atoms with van der Waals surface area (Å²) < 4.78 is 14.2. The van der Waals surface area contributed by atoms with Gasteiger partial charge in [0.15, 0.2) is 0 Å². The number of hydrogen-bond acceptors (Lipinski definition) is 2. The Bertz CT molecular complexity index is 435. The molecule has 1 aliphatic rings. The summed E-state index contributed by atoms with van der Waals surface area (Å²) in [5.41, 5.74) is 6.83. The molecule has 0 aliphatic heterocycles. The molecule has 0 radical (unpaired) electrons. The average molecular weight is 278 g/mol. The van der Waals surface area contributed by atoms with Gasteiger partial charge in [-0.05, 0) is 37.8 Å². The average Bonchev–Trinajstić information content (AvgIpc) is 2.50. The van der Waals surface area contributed by atoms with E-state index in [9.17, 15) is 4.39 Å². The minimum atomic E-state index is -0.136. The van der Waals surface area contributed by atoms with E-state index in [0.29, 0.717) is 18.2 Å². The fraction of sp³-hybridized carbons (Fsp3) is 0.647. The second-order valence-electron chi connectivity index (χ2n) is 5.85. The number of rotatable bonds is 5. The smallest absolute Gasteiger partial charge is 0.146 e. The lowest BCUT2D eigenvalue weighted by Crippen LogP contribution is -2.60. The molecular weight excluding hydrogens is 251 g/mol. The first-order chi connectivity index (χ1) is 9.69. The number of benzene rings is 1. The molecule has 0 aromatic heterocycles. The molecule has 1 aliphatic carbocycles. The predicted molar refractivity (Wildman–Crippen MR) is 83.5 cm³/mol. The molecule has 0 amide bonds. The van der Waals surface area contributed by atoms with E-state index in [-0.39, 0.29) is 11.4 Å². The van der Waals surface area contributed by atoms with Crippen molar-refractivity contribution in [3.05, 3.63) is 30.1 Å². The van der Waals surface area contributed by atoms with Gasteiger partial charge in [-0.15, -0.1) is 0 Å². The molecule has 0 spiro atoms. The van der Waals surface area contributed by atoms with Crippen LogP contribution in [0.25, 0.3) is 0 Å². The van der Waals surface area contributed by atoms with Crippen molar-refractivity contribution in [3.8, 4) is 0 Å². The second kappa shape index (κ2) is 6.57. The van der Waals surface area contributed by atoms with Gasteiger partial charge < -0.3 is 10.6 Å². The quantitative estimate of drug-likeness (QED) is 0.883. The SMILES string of the molecule is CCC1CCCCC1(CN)N(CC)c1ccccc1F. The van der Waals surface area contributed by atoms with Crippen LogP contribution in [0.2, 0.25) is 0 Å². The fourth-order valence-electron chi connectivity index (χ4n) is 4.01. The third-order valence-electron chi connectivity index (χ3n) is 5.02. The highest BCUT2D eigenvalue weighted by atomic mass is 19.1. The van der Waals surface area contributed by atoms with Crippen molar-refractivity contribution >= 4 is 5.69 Å². The van der Waals surface area contributed by atoms with Crippen LogP contribution < -0.4 is 10.6 Å². The maximum Gasteiger partial charge on any atom is 0.146 e. The first-order valence-electron chi connectivity index (χ1n) is 7.91. The van der Waals surface area contributed by atoms with Gasteiger partial charge in [-0.3, -0.25) is 0 Å². The highest BCUT2D eigenvalue weighted by Gasteiger charge is 2.43. The summed E-state index contributed by atoms with van der Waals surface area (Å²) in [6, 6.07) is 7.10. The van der Waals surface area contributed by atoms with E-state index in [1.165, 1.54) is 19.3 Å². The zero-order chi connectivity index (χ0) is 14.6. The first-order valence-corrected chi connectivity index (χ1v) is 7.91.